The number of allylic oxidation sites excluding steroid dienone is 2. The highest BCUT2D eigenvalue weighted by atomic mass is 16.5. The average molecular weight is 260 g/mol. The van der Waals surface area contributed by atoms with Crippen LogP contribution in [0.1, 0.15) is 19.4 Å². The van der Waals surface area contributed by atoms with Gasteiger partial charge in [0.15, 0.2) is 11.5 Å². The molecule has 0 radical (unpaired) electrons. The molecule has 4 nitrogen and oxygen atoms in total. The van der Waals surface area contributed by atoms with Gasteiger partial charge in [0.25, 0.3) is 0 Å². The number of phenolic OH excluding ortho intramolecular Hbond substituents is 1. The first-order valence-electron chi connectivity index (χ1n) is 5.99. The predicted molar refractivity (Wildman–Crippen MR) is 73.8 cm³/mol. The van der Waals surface area contributed by atoms with Gasteiger partial charge in [0.2, 0.25) is 0 Å². The van der Waals surface area contributed by atoms with Gasteiger partial charge in [-0.05, 0) is 26.3 Å². The minimum atomic E-state index is -0.423. The van der Waals surface area contributed by atoms with Gasteiger partial charge in [-0.3, -0.25) is 0 Å². The van der Waals surface area contributed by atoms with Gasteiger partial charge in [-0.1, -0.05) is 11.6 Å². The Morgan fingerprint density at radius 3 is 2.79 bits per heavy atom. The summed E-state index contributed by atoms with van der Waals surface area (Å²) in [5.41, 5.74) is 1.83. The van der Waals surface area contributed by atoms with Crippen LogP contribution in [0.3, 0.4) is 0 Å². The van der Waals surface area contributed by atoms with Crippen molar-refractivity contribution in [1.82, 2.24) is 0 Å². The van der Waals surface area contributed by atoms with E-state index in [0.29, 0.717) is 23.3 Å². The summed E-state index contributed by atoms with van der Waals surface area (Å²) in [7, 11) is 1.46. The molecule has 2 rings (SSSR count). The molecule has 0 fully saturated rings. The lowest BCUT2D eigenvalue weighted by molar-refractivity contribution is 0.371. The van der Waals surface area contributed by atoms with E-state index in [1.165, 1.54) is 19.2 Å². The number of ether oxygens (including phenoxy) is 1. The van der Waals surface area contributed by atoms with Crippen LogP contribution in [0.4, 0.5) is 0 Å². The van der Waals surface area contributed by atoms with E-state index < -0.39 is 5.63 Å². The Morgan fingerprint density at radius 2 is 2.16 bits per heavy atom. The average Bonchev–Trinajstić information content (AvgIpc) is 2.37. The lowest BCUT2D eigenvalue weighted by Crippen LogP contribution is -1.98. The zero-order valence-electron chi connectivity index (χ0n) is 11.2. The van der Waals surface area contributed by atoms with Crippen molar-refractivity contribution in [2.45, 2.75) is 20.3 Å². The van der Waals surface area contributed by atoms with Crippen LogP contribution >= 0.6 is 0 Å². The monoisotopic (exact) mass is 260 g/mol. The third-order valence-corrected chi connectivity index (χ3v) is 2.90. The molecule has 0 bridgehead atoms. The molecule has 1 heterocycles. The van der Waals surface area contributed by atoms with E-state index in [2.05, 4.69) is 0 Å². The van der Waals surface area contributed by atoms with Gasteiger partial charge in [0.05, 0.1) is 7.11 Å². The second-order valence-corrected chi connectivity index (χ2v) is 4.56. The highest BCUT2D eigenvalue weighted by Crippen LogP contribution is 2.36. The maximum Gasteiger partial charge on any atom is 0.336 e. The Kier molecular flexibility index (Phi) is 3.60. The molecule has 1 aromatic carbocycles. The van der Waals surface area contributed by atoms with E-state index in [1.54, 1.807) is 6.07 Å². The summed E-state index contributed by atoms with van der Waals surface area (Å²) in [4.78, 5) is 11.3. The normalized spacial score (nSPS) is 10.5. The first-order valence-corrected chi connectivity index (χ1v) is 5.99. The van der Waals surface area contributed by atoms with Crippen molar-refractivity contribution in [3.63, 3.8) is 0 Å². The summed E-state index contributed by atoms with van der Waals surface area (Å²) in [6, 6.07) is 4.53. The summed E-state index contributed by atoms with van der Waals surface area (Å²) >= 11 is 0. The molecule has 0 saturated heterocycles. The molecule has 0 aliphatic carbocycles. The maximum absolute atomic E-state index is 11.3. The van der Waals surface area contributed by atoms with Crippen molar-refractivity contribution in [3.05, 3.63) is 45.8 Å². The Balaban J connectivity index is 2.73. The lowest BCUT2D eigenvalue weighted by Gasteiger charge is -2.10. The van der Waals surface area contributed by atoms with Gasteiger partial charge in [0, 0.05) is 23.1 Å². The van der Waals surface area contributed by atoms with E-state index in [0.717, 1.165) is 11.0 Å². The molecule has 0 unspecified atom stereocenters. The minimum absolute atomic E-state index is 0.0846. The van der Waals surface area contributed by atoms with Crippen molar-refractivity contribution in [1.29, 1.82) is 0 Å². The van der Waals surface area contributed by atoms with Crippen LogP contribution in [0.15, 0.2) is 39.1 Å². The number of hydrogen-bond acceptors (Lipinski definition) is 4. The Hall–Kier alpha value is -2.23. The SMILES string of the molecule is COc1cc2oc(=O)ccc2c(CC=C(C)C)c1O. The summed E-state index contributed by atoms with van der Waals surface area (Å²) in [5.74, 6) is 0.389. The van der Waals surface area contributed by atoms with Crippen LogP contribution in [0, 0.1) is 0 Å². The third-order valence-electron chi connectivity index (χ3n) is 2.90. The molecule has 0 amide bonds. The fraction of sp³-hybridized carbons (Fsp3) is 0.267. The van der Waals surface area contributed by atoms with E-state index in [-0.39, 0.29) is 5.75 Å². The Labute approximate surface area is 110 Å². The number of rotatable bonds is 3. The van der Waals surface area contributed by atoms with Crippen LogP contribution in [0.5, 0.6) is 11.5 Å². The fourth-order valence-electron chi connectivity index (χ4n) is 1.92. The van der Waals surface area contributed by atoms with E-state index in [9.17, 15) is 9.90 Å². The molecule has 0 spiro atoms. The molecular weight excluding hydrogens is 244 g/mol. The van der Waals surface area contributed by atoms with Crippen LogP contribution in [-0.4, -0.2) is 12.2 Å². The molecular formula is C15H16O4. The topological polar surface area (TPSA) is 59.7 Å². The molecule has 0 saturated carbocycles. The number of benzene rings is 1. The molecule has 1 aromatic heterocycles. The number of aromatic hydroxyl groups is 1. The molecule has 0 aliphatic heterocycles. The van der Waals surface area contributed by atoms with Crippen LogP contribution in [-0.2, 0) is 6.42 Å². The lowest BCUT2D eigenvalue weighted by atomic mass is 10.0. The van der Waals surface area contributed by atoms with Crippen molar-refractivity contribution in [2.75, 3.05) is 7.11 Å². The van der Waals surface area contributed by atoms with Gasteiger partial charge in [0.1, 0.15) is 5.58 Å². The molecule has 1 N–H and O–H groups in total. The van der Waals surface area contributed by atoms with Gasteiger partial charge in [-0.2, -0.15) is 0 Å². The number of phenols is 1. The molecule has 0 atom stereocenters. The quantitative estimate of drug-likeness (QED) is 0.680. The first-order chi connectivity index (χ1) is 9.02. The van der Waals surface area contributed by atoms with Crippen molar-refractivity contribution in [3.8, 4) is 11.5 Å². The summed E-state index contributed by atoms with van der Waals surface area (Å²) in [6.45, 7) is 3.97. The van der Waals surface area contributed by atoms with Gasteiger partial charge in [-0.15, -0.1) is 0 Å². The standard InChI is InChI=1S/C15H16O4/c1-9(2)4-5-11-10-6-7-14(16)19-12(10)8-13(18-3)15(11)17/h4,6-8,17H,5H2,1-3H3. The first kappa shape index (κ1) is 13.2. The highest BCUT2D eigenvalue weighted by Gasteiger charge is 2.14. The number of methoxy groups -OCH3 is 1. The summed E-state index contributed by atoms with van der Waals surface area (Å²) in [5, 5.41) is 10.9. The molecule has 0 aliphatic rings. The zero-order chi connectivity index (χ0) is 14.0. The second kappa shape index (κ2) is 5.18. The minimum Gasteiger partial charge on any atom is -0.504 e. The molecule has 19 heavy (non-hydrogen) atoms. The molecule has 100 valence electrons. The second-order valence-electron chi connectivity index (χ2n) is 4.56. The van der Waals surface area contributed by atoms with Crippen molar-refractivity contribution >= 4 is 11.0 Å². The predicted octanol–water partition coefficient (Wildman–Crippen LogP) is 3.02. The van der Waals surface area contributed by atoms with Crippen LogP contribution in [0.25, 0.3) is 11.0 Å². The summed E-state index contributed by atoms with van der Waals surface area (Å²) in [6.07, 6.45) is 2.55. The molecule has 4 heteroatoms. The van der Waals surface area contributed by atoms with E-state index in [1.807, 2.05) is 19.9 Å². The van der Waals surface area contributed by atoms with Gasteiger partial charge >= 0.3 is 5.63 Å². The highest BCUT2D eigenvalue weighted by molar-refractivity contribution is 5.85. The number of fused-ring (bicyclic) bond motifs is 1. The van der Waals surface area contributed by atoms with Crippen LogP contribution in [0.2, 0.25) is 0 Å². The zero-order valence-corrected chi connectivity index (χ0v) is 11.2. The molecule has 2 aromatic rings. The maximum atomic E-state index is 11.3. The Bertz CT molecular complexity index is 691. The van der Waals surface area contributed by atoms with Crippen molar-refractivity contribution in [2.24, 2.45) is 0 Å². The van der Waals surface area contributed by atoms with Crippen molar-refractivity contribution < 1.29 is 14.3 Å². The number of hydrogen-bond donors (Lipinski definition) is 1. The van der Waals surface area contributed by atoms with E-state index in [4.69, 9.17) is 9.15 Å². The fourth-order valence-corrected chi connectivity index (χ4v) is 1.92. The Morgan fingerprint density at radius 1 is 1.42 bits per heavy atom. The van der Waals surface area contributed by atoms with Gasteiger partial charge in [-0.25, -0.2) is 4.79 Å². The van der Waals surface area contributed by atoms with E-state index >= 15 is 0 Å². The largest absolute Gasteiger partial charge is 0.504 e. The smallest absolute Gasteiger partial charge is 0.336 e. The summed E-state index contributed by atoms with van der Waals surface area (Å²) < 4.78 is 10.2. The van der Waals surface area contributed by atoms with Gasteiger partial charge < -0.3 is 14.3 Å². The third kappa shape index (κ3) is 2.62. The van der Waals surface area contributed by atoms with Crippen LogP contribution < -0.4 is 10.4 Å².